The van der Waals surface area contributed by atoms with Crippen LogP contribution in [-0.4, -0.2) is 9.13 Å². The molecule has 0 aliphatic carbocycles. The summed E-state index contributed by atoms with van der Waals surface area (Å²) in [6, 6.07) is 64.9. The SMILES string of the molecule is [C-]#[N+]c1ccc(-c2ccc3c(c2)c2cc(-c4ccc([N+]#[C-])cc4[N+]#[C-])ccc2n3-c2cc(-c3ccc(C(F)(F)F)cc3[N+]#[C-])ccc2-c2ccc([N+]#[C-])cc2-n2c3ccc(-c4ccc(C#N)cc4C#N)cc3c3cc(-c4ccc(C#N)cc4[N+]#[C-])ccc32)c(C#N)c1. The van der Waals surface area contributed by atoms with Gasteiger partial charge >= 0.3 is 6.18 Å². The lowest BCUT2D eigenvalue weighted by atomic mass is 9.94. The van der Waals surface area contributed by atoms with Gasteiger partial charge in [-0.3, -0.25) is 0 Å². The summed E-state index contributed by atoms with van der Waals surface area (Å²) in [5, 5.41) is 43.1. The van der Waals surface area contributed by atoms with Crippen LogP contribution in [0.5, 0.6) is 0 Å². The number of benzene rings is 11. The topological polar surface area (TPSA) is 131 Å². The molecule has 0 unspecified atom stereocenters. The first-order valence-corrected chi connectivity index (χ1v) is 27.9. The van der Waals surface area contributed by atoms with E-state index in [0.29, 0.717) is 127 Å². The number of alkyl halides is 3. The van der Waals surface area contributed by atoms with Crippen molar-refractivity contribution in [3.8, 4) is 102 Å². The lowest BCUT2D eigenvalue weighted by Gasteiger charge is -2.21. The minimum absolute atomic E-state index is 0.218. The standard InChI is InChI=1S/C77H33F3N12/c1-85-54-15-22-58(52(31-54)43-84)47-11-25-71-64(33-47)66-35-49(61-23-16-55(86-2)38-70(61)90-6)13-27-72(66)91(71)75-36-50(60-21-14-53(77(78,79)80)37-69(60)89-5)9-20-62(75)63-24-17-56(87-3)39-76(63)92-73-26-10-46(57-18-7-44(40-81)29-51(57)42-83)32-65(73)67-34-48(12-28-74(67)92)59-19-8-45(41-82)30-68(59)88-4/h7-39H. The second-order valence-corrected chi connectivity index (χ2v) is 21.3. The summed E-state index contributed by atoms with van der Waals surface area (Å²) in [6.45, 7) is 48.2. The molecule has 0 saturated heterocycles. The number of nitriles is 4. The number of aromatic nitrogens is 2. The zero-order valence-corrected chi connectivity index (χ0v) is 47.6. The molecule has 2 aromatic heterocycles. The molecule has 0 saturated carbocycles. The molecule has 0 spiro atoms. The highest BCUT2D eigenvalue weighted by Gasteiger charge is 2.32. The van der Waals surface area contributed by atoms with E-state index in [4.69, 9.17) is 39.4 Å². The minimum atomic E-state index is -4.74. The van der Waals surface area contributed by atoms with Crippen molar-refractivity contribution in [2.24, 2.45) is 0 Å². The molecule has 13 aromatic rings. The van der Waals surface area contributed by atoms with Gasteiger partial charge in [0.2, 0.25) is 0 Å². The first-order chi connectivity index (χ1) is 44.7. The molecular formula is C77H33F3N12. The third kappa shape index (κ3) is 9.52. The van der Waals surface area contributed by atoms with Gasteiger partial charge in [0.15, 0.2) is 34.1 Å². The Labute approximate surface area is 523 Å². The van der Waals surface area contributed by atoms with Gasteiger partial charge in [0, 0.05) is 55.0 Å². The Kier molecular flexibility index (Phi) is 13.9. The molecule has 11 aromatic carbocycles. The quantitative estimate of drug-likeness (QED) is 0.140. The molecule has 2 heterocycles. The van der Waals surface area contributed by atoms with Crippen molar-refractivity contribution in [2.45, 2.75) is 6.18 Å². The summed E-state index contributed by atoms with van der Waals surface area (Å²) in [5.74, 6) is 0. The maximum absolute atomic E-state index is 14.3. The molecule has 92 heavy (non-hydrogen) atoms. The number of halogens is 3. The fraction of sp³-hybridized carbons (Fsp3) is 0.0130. The Morgan fingerprint density at radius 3 is 1.12 bits per heavy atom. The van der Waals surface area contributed by atoms with E-state index in [0.717, 1.165) is 12.1 Å². The highest BCUT2D eigenvalue weighted by atomic mass is 19.4. The van der Waals surface area contributed by atoms with Gasteiger partial charge in [-0.15, -0.1) is 0 Å². The van der Waals surface area contributed by atoms with Crippen LogP contribution in [0.25, 0.3) is 151 Å². The number of rotatable bonds is 8. The van der Waals surface area contributed by atoms with Crippen LogP contribution < -0.4 is 0 Å². The average Bonchev–Trinajstić information content (AvgIpc) is 1.56. The van der Waals surface area contributed by atoms with Crippen molar-refractivity contribution in [3.63, 3.8) is 0 Å². The zero-order chi connectivity index (χ0) is 64.1. The van der Waals surface area contributed by atoms with Gasteiger partial charge < -0.3 is 9.13 Å². The molecule has 0 bridgehead atoms. The van der Waals surface area contributed by atoms with E-state index in [1.165, 1.54) is 30.3 Å². The summed E-state index contributed by atoms with van der Waals surface area (Å²) < 4.78 is 47.1. The van der Waals surface area contributed by atoms with Gasteiger partial charge in [0.25, 0.3) is 0 Å². The summed E-state index contributed by atoms with van der Waals surface area (Å²) in [6.07, 6.45) is -4.74. The van der Waals surface area contributed by atoms with Gasteiger partial charge in [0.05, 0.1) is 103 Å². The second kappa shape index (κ2) is 22.5. The first-order valence-electron chi connectivity index (χ1n) is 27.9. The molecule has 0 aliphatic heterocycles. The van der Waals surface area contributed by atoms with Gasteiger partial charge in [-0.05, 0) is 153 Å². The molecule has 0 radical (unpaired) electrons. The molecule has 0 amide bonds. The van der Waals surface area contributed by atoms with Crippen molar-refractivity contribution in [3.05, 3.63) is 297 Å². The molecule has 0 aliphatic rings. The van der Waals surface area contributed by atoms with Crippen molar-refractivity contribution < 1.29 is 13.2 Å². The normalized spacial score (nSPS) is 10.9. The Hall–Kier alpha value is -14.3. The Morgan fingerprint density at radius 2 is 0.652 bits per heavy atom. The maximum atomic E-state index is 14.3. The van der Waals surface area contributed by atoms with Crippen LogP contribution >= 0.6 is 0 Å². The number of hydrogen-bond donors (Lipinski definition) is 0. The maximum Gasteiger partial charge on any atom is 0.415 e. The lowest BCUT2D eigenvalue weighted by molar-refractivity contribution is -0.137. The van der Waals surface area contributed by atoms with Crippen LogP contribution in [0.3, 0.4) is 0 Å². The van der Waals surface area contributed by atoms with Crippen LogP contribution in [0.4, 0.5) is 47.3 Å². The Morgan fingerprint density at radius 1 is 0.304 bits per heavy atom. The van der Waals surface area contributed by atoms with Crippen LogP contribution in [0, 0.1) is 84.8 Å². The first kappa shape index (κ1) is 56.8. The van der Waals surface area contributed by atoms with Crippen LogP contribution in [0.1, 0.15) is 27.8 Å². The minimum Gasteiger partial charge on any atom is -0.310 e. The van der Waals surface area contributed by atoms with Crippen LogP contribution in [0.2, 0.25) is 0 Å². The molecule has 422 valence electrons. The van der Waals surface area contributed by atoms with Crippen molar-refractivity contribution in [1.82, 2.24) is 9.13 Å². The third-order valence-corrected chi connectivity index (χ3v) is 16.4. The van der Waals surface area contributed by atoms with E-state index in [-0.39, 0.29) is 50.8 Å². The van der Waals surface area contributed by atoms with Crippen molar-refractivity contribution >= 4 is 77.7 Å². The smallest absolute Gasteiger partial charge is 0.310 e. The summed E-state index contributed by atoms with van der Waals surface area (Å²) >= 11 is 0. The Bertz CT molecular complexity index is 5640. The Balaban J connectivity index is 1.14. The summed E-state index contributed by atoms with van der Waals surface area (Å²) in [7, 11) is 0. The lowest BCUT2D eigenvalue weighted by Crippen LogP contribution is -2.04. The fourth-order valence-corrected chi connectivity index (χ4v) is 12.2. The molecule has 0 atom stereocenters. The number of hydrogen-bond acceptors (Lipinski definition) is 4. The van der Waals surface area contributed by atoms with E-state index in [1.54, 1.807) is 66.7 Å². The van der Waals surface area contributed by atoms with Gasteiger partial charge in [-0.1, -0.05) is 103 Å². The fourth-order valence-electron chi connectivity index (χ4n) is 12.2. The van der Waals surface area contributed by atoms with E-state index in [1.807, 2.05) is 100 Å². The molecule has 12 nitrogen and oxygen atoms in total. The summed E-state index contributed by atoms with van der Waals surface area (Å²) in [4.78, 5) is 22.2. The molecule has 13 rings (SSSR count). The highest BCUT2D eigenvalue weighted by Crippen LogP contribution is 2.48. The van der Waals surface area contributed by atoms with Crippen molar-refractivity contribution in [2.75, 3.05) is 0 Å². The predicted molar refractivity (Wildman–Crippen MR) is 349 cm³/mol. The third-order valence-electron chi connectivity index (χ3n) is 16.4. The summed E-state index contributed by atoms with van der Waals surface area (Å²) in [5.41, 5.74) is 11.5. The average molecular weight is 1180 g/mol. The van der Waals surface area contributed by atoms with Crippen molar-refractivity contribution in [1.29, 1.82) is 21.0 Å². The van der Waals surface area contributed by atoms with Gasteiger partial charge in [-0.25, -0.2) is 29.1 Å². The number of nitrogens with zero attached hydrogens (tertiary/aromatic N) is 12. The number of fused-ring (bicyclic) bond motifs is 6. The van der Waals surface area contributed by atoms with E-state index < -0.39 is 11.7 Å². The zero-order valence-electron chi connectivity index (χ0n) is 47.6. The monoisotopic (exact) mass is 1180 g/mol. The molecule has 0 fully saturated rings. The van der Waals surface area contributed by atoms with E-state index in [2.05, 4.69) is 53.3 Å². The van der Waals surface area contributed by atoms with E-state index in [9.17, 15) is 34.2 Å². The van der Waals surface area contributed by atoms with Gasteiger partial charge in [-0.2, -0.15) is 34.2 Å². The highest BCUT2D eigenvalue weighted by molar-refractivity contribution is 6.15. The second-order valence-electron chi connectivity index (χ2n) is 21.3. The largest absolute Gasteiger partial charge is 0.415 e. The molecule has 0 N–H and O–H groups in total. The van der Waals surface area contributed by atoms with E-state index >= 15 is 0 Å². The predicted octanol–water partition coefficient (Wildman–Crippen LogP) is 21.7. The molecular weight excluding hydrogens is 1150 g/mol. The van der Waals surface area contributed by atoms with Crippen LogP contribution in [0.15, 0.2) is 200 Å². The molecule has 15 heteroatoms. The van der Waals surface area contributed by atoms with Gasteiger partial charge in [0.1, 0.15) is 0 Å². The van der Waals surface area contributed by atoms with Crippen LogP contribution in [-0.2, 0) is 6.18 Å².